The number of anilines is 1. The maximum Gasteiger partial charge on any atom is 0.243 e. The zero-order valence-electron chi connectivity index (χ0n) is 15.7. The summed E-state index contributed by atoms with van der Waals surface area (Å²) in [5, 5.41) is 4.83. The number of carbonyl (C=O) groups excluding carboxylic acids is 1. The van der Waals surface area contributed by atoms with Crippen molar-refractivity contribution >= 4 is 48.3 Å². The first-order chi connectivity index (χ1) is 13.9. The summed E-state index contributed by atoms with van der Waals surface area (Å²) in [5.74, 6) is -0.253. The molecular formula is C22H21BrN2O3S. The zero-order chi connectivity index (χ0) is 20.4. The molecule has 1 amide bonds. The van der Waals surface area contributed by atoms with Crippen molar-refractivity contribution in [3.8, 4) is 0 Å². The van der Waals surface area contributed by atoms with Gasteiger partial charge in [-0.15, -0.1) is 0 Å². The van der Waals surface area contributed by atoms with Crippen LogP contribution in [0.2, 0.25) is 0 Å². The zero-order valence-corrected chi connectivity index (χ0v) is 18.1. The largest absolute Gasteiger partial charge is 0.326 e. The minimum atomic E-state index is -3.57. The molecule has 0 aliphatic carbocycles. The van der Waals surface area contributed by atoms with Crippen LogP contribution in [0.1, 0.15) is 12.8 Å². The Labute approximate surface area is 178 Å². The molecule has 0 radical (unpaired) electrons. The highest BCUT2D eigenvalue weighted by molar-refractivity contribution is 9.10. The summed E-state index contributed by atoms with van der Waals surface area (Å²) < 4.78 is 28.5. The lowest BCUT2D eigenvalue weighted by atomic mass is 9.97. The molecule has 1 aliphatic rings. The molecule has 7 heteroatoms. The molecule has 29 heavy (non-hydrogen) atoms. The van der Waals surface area contributed by atoms with E-state index < -0.39 is 10.0 Å². The maximum absolute atomic E-state index is 13.1. The van der Waals surface area contributed by atoms with E-state index in [9.17, 15) is 13.2 Å². The molecule has 3 aromatic carbocycles. The van der Waals surface area contributed by atoms with Crippen molar-refractivity contribution in [1.29, 1.82) is 0 Å². The SMILES string of the molecule is O=C(Nc1ccc(Br)cc1)C1CCN(S(=O)(=O)c2ccc3ccccc3c2)CC1. The third-order valence-electron chi connectivity index (χ3n) is 5.30. The summed E-state index contributed by atoms with van der Waals surface area (Å²) in [7, 11) is -3.57. The first-order valence-electron chi connectivity index (χ1n) is 9.49. The predicted octanol–water partition coefficient (Wildman–Crippen LogP) is 4.64. The van der Waals surface area contributed by atoms with E-state index in [0.29, 0.717) is 30.8 Å². The summed E-state index contributed by atoms with van der Waals surface area (Å²) in [5.41, 5.74) is 0.740. The summed E-state index contributed by atoms with van der Waals surface area (Å²) in [6.07, 6.45) is 1.02. The Kier molecular flexibility index (Phi) is 5.72. The van der Waals surface area contributed by atoms with Gasteiger partial charge in [0.1, 0.15) is 0 Å². The van der Waals surface area contributed by atoms with E-state index in [2.05, 4.69) is 21.2 Å². The van der Waals surface area contributed by atoms with Crippen molar-refractivity contribution in [2.45, 2.75) is 17.7 Å². The molecule has 150 valence electrons. The molecule has 0 spiro atoms. The van der Waals surface area contributed by atoms with Crippen molar-refractivity contribution < 1.29 is 13.2 Å². The number of piperidine rings is 1. The van der Waals surface area contributed by atoms with E-state index >= 15 is 0 Å². The highest BCUT2D eigenvalue weighted by Gasteiger charge is 2.32. The van der Waals surface area contributed by atoms with Gasteiger partial charge in [-0.25, -0.2) is 8.42 Å². The topological polar surface area (TPSA) is 66.5 Å². The lowest BCUT2D eigenvalue weighted by molar-refractivity contribution is -0.120. The van der Waals surface area contributed by atoms with Crippen LogP contribution in [-0.2, 0) is 14.8 Å². The first kappa shape index (κ1) is 20.1. The molecule has 0 saturated carbocycles. The Balaban J connectivity index is 1.42. The predicted molar refractivity (Wildman–Crippen MR) is 118 cm³/mol. The highest BCUT2D eigenvalue weighted by atomic mass is 79.9. The lowest BCUT2D eigenvalue weighted by Gasteiger charge is -2.30. The smallest absolute Gasteiger partial charge is 0.243 e. The molecule has 3 aromatic rings. The summed E-state index contributed by atoms with van der Waals surface area (Å²) >= 11 is 3.37. The molecule has 1 saturated heterocycles. The van der Waals surface area contributed by atoms with Crippen LogP contribution in [0.25, 0.3) is 10.8 Å². The van der Waals surface area contributed by atoms with Gasteiger partial charge in [0.15, 0.2) is 0 Å². The molecule has 5 nitrogen and oxygen atoms in total. The Morgan fingerprint density at radius 2 is 1.59 bits per heavy atom. The molecule has 1 N–H and O–H groups in total. The van der Waals surface area contributed by atoms with Crippen LogP contribution >= 0.6 is 15.9 Å². The third kappa shape index (κ3) is 4.37. The molecule has 0 atom stereocenters. The first-order valence-corrected chi connectivity index (χ1v) is 11.7. The summed E-state index contributed by atoms with van der Waals surface area (Å²) in [6.45, 7) is 0.682. The van der Waals surface area contributed by atoms with E-state index in [1.54, 1.807) is 12.1 Å². The van der Waals surface area contributed by atoms with Crippen LogP contribution in [0.3, 0.4) is 0 Å². The molecular weight excluding hydrogens is 452 g/mol. The number of sulfonamides is 1. The highest BCUT2D eigenvalue weighted by Crippen LogP contribution is 2.27. The number of amides is 1. The van der Waals surface area contributed by atoms with Crippen LogP contribution in [0, 0.1) is 5.92 Å². The fraction of sp³-hybridized carbons (Fsp3) is 0.227. The van der Waals surface area contributed by atoms with Gasteiger partial charge in [-0.1, -0.05) is 46.3 Å². The van der Waals surface area contributed by atoms with Crippen LogP contribution in [0.4, 0.5) is 5.69 Å². The summed E-state index contributed by atoms with van der Waals surface area (Å²) in [6, 6.07) is 20.3. The number of carbonyl (C=O) groups is 1. The standard InChI is InChI=1S/C22H21BrN2O3S/c23-19-6-8-20(9-7-19)24-22(26)17-11-13-25(14-12-17)29(27,28)21-10-5-16-3-1-2-4-18(16)15-21/h1-10,15,17H,11-14H2,(H,24,26). The fourth-order valence-corrected chi connectivity index (χ4v) is 5.38. The van der Waals surface area contributed by atoms with Crippen LogP contribution in [0.5, 0.6) is 0 Å². The van der Waals surface area contributed by atoms with Gasteiger partial charge in [-0.05, 0) is 60.0 Å². The van der Waals surface area contributed by atoms with E-state index in [-0.39, 0.29) is 11.8 Å². The van der Waals surface area contributed by atoms with E-state index in [1.807, 2.05) is 54.6 Å². The second-order valence-corrected chi connectivity index (χ2v) is 10.0. The van der Waals surface area contributed by atoms with Crippen molar-refractivity contribution in [3.63, 3.8) is 0 Å². The molecule has 4 rings (SSSR count). The minimum absolute atomic E-state index is 0.0601. The van der Waals surface area contributed by atoms with Gasteiger partial charge in [0, 0.05) is 29.2 Å². The Morgan fingerprint density at radius 3 is 2.28 bits per heavy atom. The Bertz CT molecular complexity index is 1140. The molecule has 0 aromatic heterocycles. The molecule has 0 bridgehead atoms. The maximum atomic E-state index is 13.1. The monoisotopic (exact) mass is 472 g/mol. The van der Waals surface area contributed by atoms with E-state index in [1.165, 1.54) is 4.31 Å². The number of rotatable bonds is 4. The Hall–Kier alpha value is -2.22. The molecule has 1 heterocycles. The van der Waals surface area contributed by atoms with Crippen LogP contribution < -0.4 is 5.32 Å². The van der Waals surface area contributed by atoms with Gasteiger partial charge in [0.2, 0.25) is 15.9 Å². The van der Waals surface area contributed by atoms with Crippen LogP contribution in [0.15, 0.2) is 76.1 Å². The van der Waals surface area contributed by atoms with Gasteiger partial charge in [0.05, 0.1) is 4.90 Å². The van der Waals surface area contributed by atoms with Gasteiger partial charge in [-0.2, -0.15) is 4.31 Å². The van der Waals surface area contributed by atoms with Gasteiger partial charge < -0.3 is 5.32 Å². The van der Waals surface area contributed by atoms with Crippen molar-refractivity contribution in [1.82, 2.24) is 4.31 Å². The van der Waals surface area contributed by atoms with E-state index in [0.717, 1.165) is 20.9 Å². The lowest BCUT2D eigenvalue weighted by Crippen LogP contribution is -2.41. The quantitative estimate of drug-likeness (QED) is 0.601. The number of halogens is 1. The third-order valence-corrected chi connectivity index (χ3v) is 7.72. The van der Waals surface area contributed by atoms with Gasteiger partial charge in [0.25, 0.3) is 0 Å². The van der Waals surface area contributed by atoms with Crippen molar-refractivity contribution in [2.75, 3.05) is 18.4 Å². The normalized spacial score (nSPS) is 16.0. The van der Waals surface area contributed by atoms with Gasteiger partial charge in [-0.3, -0.25) is 4.79 Å². The second-order valence-electron chi connectivity index (χ2n) is 7.18. The number of nitrogens with zero attached hydrogens (tertiary/aromatic N) is 1. The van der Waals surface area contributed by atoms with Crippen molar-refractivity contribution in [3.05, 3.63) is 71.2 Å². The van der Waals surface area contributed by atoms with Crippen molar-refractivity contribution in [2.24, 2.45) is 5.92 Å². The molecule has 1 aliphatic heterocycles. The van der Waals surface area contributed by atoms with Gasteiger partial charge >= 0.3 is 0 Å². The Morgan fingerprint density at radius 1 is 0.931 bits per heavy atom. The molecule has 1 fully saturated rings. The van der Waals surface area contributed by atoms with E-state index in [4.69, 9.17) is 0 Å². The number of nitrogens with one attached hydrogen (secondary N) is 1. The summed E-state index contributed by atoms with van der Waals surface area (Å²) in [4.78, 5) is 12.8. The average Bonchev–Trinajstić information content (AvgIpc) is 2.75. The number of benzene rings is 3. The number of fused-ring (bicyclic) bond motifs is 1. The minimum Gasteiger partial charge on any atom is -0.326 e. The number of hydrogen-bond acceptors (Lipinski definition) is 3. The second kappa shape index (κ2) is 8.26. The number of hydrogen-bond donors (Lipinski definition) is 1. The molecule has 0 unspecified atom stereocenters. The average molecular weight is 473 g/mol. The van der Waals surface area contributed by atoms with Crippen LogP contribution in [-0.4, -0.2) is 31.7 Å². The fourth-order valence-electron chi connectivity index (χ4n) is 3.61.